The van der Waals surface area contributed by atoms with E-state index in [9.17, 15) is 4.79 Å². The summed E-state index contributed by atoms with van der Waals surface area (Å²) in [5.41, 5.74) is 4.85. The standard InChI is InChI=1S/C9H20N2O/c1-5-9(7(3)4,8(10)12)11-6-2/h7,11H,5-6H2,1-4H3,(H2,10,12). The molecule has 0 heterocycles. The summed E-state index contributed by atoms with van der Waals surface area (Å²) in [7, 11) is 0. The fraction of sp³-hybridized carbons (Fsp3) is 0.889. The van der Waals surface area contributed by atoms with Crippen molar-refractivity contribution >= 4 is 5.91 Å². The van der Waals surface area contributed by atoms with Gasteiger partial charge in [-0.15, -0.1) is 0 Å². The van der Waals surface area contributed by atoms with Crippen molar-refractivity contribution in [2.24, 2.45) is 11.7 Å². The summed E-state index contributed by atoms with van der Waals surface area (Å²) in [6.07, 6.45) is 0.744. The van der Waals surface area contributed by atoms with Crippen molar-refractivity contribution in [2.75, 3.05) is 6.54 Å². The molecule has 0 aliphatic heterocycles. The van der Waals surface area contributed by atoms with E-state index in [4.69, 9.17) is 5.73 Å². The zero-order valence-electron chi connectivity index (χ0n) is 8.48. The third-order valence-corrected chi connectivity index (χ3v) is 2.48. The SMILES string of the molecule is CCNC(CC)(C(N)=O)C(C)C. The summed E-state index contributed by atoms with van der Waals surface area (Å²) < 4.78 is 0. The van der Waals surface area contributed by atoms with Crippen LogP contribution >= 0.6 is 0 Å². The normalized spacial score (nSPS) is 16.1. The summed E-state index contributed by atoms with van der Waals surface area (Å²) in [5, 5.41) is 3.17. The van der Waals surface area contributed by atoms with E-state index >= 15 is 0 Å². The second kappa shape index (κ2) is 4.45. The highest BCUT2D eigenvalue weighted by Gasteiger charge is 2.36. The van der Waals surface area contributed by atoms with Gasteiger partial charge in [0.1, 0.15) is 0 Å². The Balaban J connectivity index is 4.63. The van der Waals surface area contributed by atoms with Crippen LogP contribution in [0.2, 0.25) is 0 Å². The number of carbonyl (C=O) groups excluding carboxylic acids is 1. The molecule has 0 fully saturated rings. The van der Waals surface area contributed by atoms with Crippen LogP contribution in [0.5, 0.6) is 0 Å². The fourth-order valence-corrected chi connectivity index (χ4v) is 1.60. The average Bonchev–Trinajstić information content (AvgIpc) is 1.98. The molecular formula is C9H20N2O. The molecule has 0 aromatic carbocycles. The molecule has 1 unspecified atom stereocenters. The van der Waals surface area contributed by atoms with Gasteiger partial charge in [-0.3, -0.25) is 4.79 Å². The minimum absolute atomic E-state index is 0.236. The number of nitrogens with one attached hydrogen (secondary N) is 1. The Morgan fingerprint density at radius 3 is 2.08 bits per heavy atom. The van der Waals surface area contributed by atoms with Gasteiger partial charge in [0, 0.05) is 0 Å². The van der Waals surface area contributed by atoms with Gasteiger partial charge in [-0.05, 0) is 18.9 Å². The first-order chi connectivity index (χ1) is 5.51. The lowest BCUT2D eigenvalue weighted by Gasteiger charge is -2.34. The molecule has 12 heavy (non-hydrogen) atoms. The van der Waals surface area contributed by atoms with Crippen LogP contribution in [-0.4, -0.2) is 18.0 Å². The van der Waals surface area contributed by atoms with Crippen LogP contribution in [0.4, 0.5) is 0 Å². The van der Waals surface area contributed by atoms with E-state index in [0.717, 1.165) is 13.0 Å². The van der Waals surface area contributed by atoms with E-state index in [2.05, 4.69) is 5.32 Å². The van der Waals surface area contributed by atoms with Crippen molar-refractivity contribution in [2.45, 2.75) is 39.7 Å². The smallest absolute Gasteiger partial charge is 0.237 e. The van der Waals surface area contributed by atoms with Gasteiger partial charge in [0.25, 0.3) is 0 Å². The van der Waals surface area contributed by atoms with Crippen LogP contribution in [0, 0.1) is 5.92 Å². The number of likely N-dealkylation sites (N-methyl/N-ethyl adjacent to an activating group) is 1. The Morgan fingerprint density at radius 1 is 1.50 bits per heavy atom. The largest absolute Gasteiger partial charge is 0.368 e. The highest BCUT2D eigenvalue weighted by atomic mass is 16.1. The molecule has 0 saturated heterocycles. The molecule has 72 valence electrons. The van der Waals surface area contributed by atoms with Gasteiger partial charge >= 0.3 is 0 Å². The predicted molar refractivity (Wildman–Crippen MR) is 50.7 cm³/mol. The molecule has 0 aliphatic rings. The number of amides is 1. The van der Waals surface area contributed by atoms with Gasteiger partial charge in [-0.1, -0.05) is 27.7 Å². The maximum absolute atomic E-state index is 11.2. The molecule has 0 saturated carbocycles. The number of hydrogen-bond acceptors (Lipinski definition) is 2. The van der Waals surface area contributed by atoms with Gasteiger partial charge in [0.05, 0.1) is 5.54 Å². The Labute approximate surface area is 74.7 Å². The van der Waals surface area contributed by atoms with Gasteiger partial charge in [-0.2, -0.15) is 0 Å². The highest BCUT2D eigenvalue weighted by Crippen LogP contribution is 2.20. The third-order valence-electron chi connectivity index (χ3n) is 2.48. The molecule has 0 aromatic heterocycles. The van der Waals surface area contributed by atoms with Crippen molar-refractivity contribution in [1.82, 2.24) is 5.32 Å². The molecule has 1 atom stereocenters. The molecule has 1 amide bonds. The van der Waals surface area contributed by atoms with Crippen molar-refractivity contribution in [3.8, 4) is 0 Å². The van der Waals surface area contributed by atoms with Crippen LogP contribution in [-0.2, 0) is 4.79 Å². The van der Waals surface area contributed by atoms with E-state index in [-0.39, 0.29) is 11.8 Å². The lowest BCUT2D eigenvalue weighted by Crippen LogP contribution is -2.58. The van der Waals surface area contributed by atoms with Crippen molar-refractivity contribution in [3.05, 3.63) is 0 Å². The van der Waals surface area contributed by atoms with Crippen LogP contribution in [0.3, 0.4) is 0 Å². The quantitative estimate of drug-likeness (QED) is 0.647. The van der Waals surface area contributed by atoms with Crippen LogP contribution in [0.15, 0.2) is 0 Å². The van der Waals surface area contributed by atoms with Crippen molar-refractivity contribution < 1.29 is 4.79 Å². The average molecular weight is 172 g/mol. The van der Waals surface area contributed by atoms with Gasteiger partial charge < -0.3 is 11.1 Å². The van der Waals surface area contributed by atoms with Gasteiger partial charge in [0.15, 0.2) is 0 Å². The zero-order valence-corrected chi connectivity index (χ0v) is 8.48. The summed E-state index contributed by atoms with van der Waals surface area (Å²) in [6.45, 7) is 8.76. The number of carbonyl (C=O) groups is 1. The van der Waals surface area contributed by atoms with Crippen molar-refractivity contribution in [3.63, 3.8) is 0 Å². The Kier molecular flexibility index (Phi) is 4.24. The summed E-state index contributed by atoms with van der Waals surface area (Å²) in [5.74, 6) is -0.0122. The second-order valence-electron chi connectivity index (χ2n) is 3.37. The van der Waals surface area contributed by atoms with Gasteiger partial charge in [0.2, 0.25) is 5.91 Å². The molecule has 0 aromatic rings. The van der Waals surface area contributed by atoms with E-state index in [1.165, 1.54) is 0 Å². The van der Waals surface area contributed by atoms with E-state index in [1.54, 1.807) is 0 Å². The monoisotopic (exact) mass is 172 g/mol. The van der Waals surface area contributed by atoms with Crippen LogP contribution < -0.4 is 11.1 Å². The first-order valence-electron chi connectivity index (χ1n) is 4.56. The molecule has 0 aliphatic carbocycles. The summed E-state index contributed by atoms with van der Waals surface area (Å²) in [4.78, 5) is 11.2. The number of nitrogens with two attached hydrogens (primary N) is 1. The van der Waals surface area contributed by atoms with E-state index < -0.39 is 5.54 Å². The van der Waals surface area contributed by atoms with Crippen LogP contribution in [0.25, 0.3) is 0 Å². The minimum atomic E-state index is -0.519. The third kappa shape index (κ3) is 1.97. The Bertz CT molecular complexity index is 157. The van der Waals surface area contributed by atoms with Gasteiger partial charge in [-0.25, -0.2) is 0 Å². The molecular weight excluding hydrogens is 152 g/mol. The molecule has 3 nitrogen and oxygen atoms in total. The summed E-state index contributed by atoms with van der Waals surface area (Å²) in [6, 6.07) is 0. The number of rotatable bonds is 5. The van der Waals surface area contributed by atoms with Crippen LogP contribution in [0.1, 0.15) is 34.1 Å². The van der Waals surface area contributed by atoms with Crippen molar-refractivity contribution in [1.29, 1.82) is 0 Å². The van der Waals surface area contributed by atoms with E-state index in [0.29, 0.717) is 0 Å². The molecule has 0 rings (SSSR count). The topological polar surface area (TPSA) is 55.1 Å². The molecule has 0 spiro atoms. The fourth-order valence-electron chi connectivity index (χ4n) is 1.60. The minimum Gasteiger partial charge on any atom is -0.368 e. The molecule has 3 heteroatoms. The van der Waals surface area contributed by atoms with E-state index in [1.807, 2.05) is 27.7 Å². The Morgan fingerprint density at radius 2 is 2.00 bits per heavy atom. The lowest BCUT2D eigenvalue weighted by atomic mass is 9.83. The predicted octanol–water partition coefficient (Wildman–Crippen LogP) is 0.886. The second-order valence-corrected chi connectivity index (χ2v) is 3.37. The lowest BCUT2D eigenvalue weighted by molar-refractivity contribution is -0.126. The maximum atomic E-state index is 11.2. The zero-order chi connectivity index (χ0) is 9.78. The molecule has 3 N–H and O–H groups in total. The number of primary amides is 1. The first kappa shape index (κ1) is 11.4. The first-order valence-corrected chi connectivity index (χ1v) is 4.56. The Hall–Kier alpha value is -0.570. The maximum Gasteiger partial charge on any atom is 0.237 e. The molecule has 0 bridgehead atoms. The number of hydrogen-bond donors (Lipinski definition) is 2. The molecule has 0 radical (unpaired) electrons. The summed E-state index contributed by atoms with van der Waals surface area (Å²) >= 11 is 0. The highest BCUT2D eigenvalue weighted by molar-refractivity contribution is 5.84.